The standard InChI is InChI=1S/C46H30/c1-2-13-33(14-3-1)45-39-19-6-8-21-41(39)46(42-22-9-7-20-40(42)45)43-23-11-16-32-25-27-38(30-44(32)43)36-18-10-17-35(29-36)37-26-24-31-12-4-5-15-34(31)28-37/h1-30H. The number of hydrogen-bond donors (Lipinski definition) is 0. The first kappa shape index (κ1) is 26.4. The van der Waals surface area contributed by atoms with E-state index in [1.54, 1.807) is 0 Å². The summed E-state index contributed by atoms with van der Waals surface area (Å²) < 4.78 is 0. The van der Waals surface area contributed by atoms with Crippen LogP contribution in [0.4, 0.5) is 0 Å². The molecule has 0 heterocycles. The Kier molecular flexibility index (Phi) is 6.25. The van der Waals surface area contributed by atoms with Crippen LogP contribution in [0.5, 0.6) is 0 Å². The van der Waals surface area contributed by atoms with Gasteiger partial charge in [-0.1, -0.05) is 164 Å². The van der Waals surface area contributed by atoms with Crippen LogP contribution in [0.1, 0.15) is 0 Å². The Labute approximate surface area is 268 Å². The van der Waals surface area contributed by atoms with Crippen LogP contribution >= 0.6 is 0 Å². The molecule has 0 aliphatic carbocycles. The molecular formula is C46H30. The summed E-state index contributed by atoms with van der Waals surface area (Å²) in [5.74, 6) is 0. The van der Waals surface area contributed by atoms with Crippen molar-refractivity contribution in [1.29, 1.82) is 0 Å². The summed E-state index contributed by atoms with van der Waals surface area (Å²) in [6.07, 6.45) is 0. The largest absolute Gasteiger partial charge is 0.0622 e. The second kappa shape index (κ2) is 10.9. The lowest BCUT2D eigenvalue weighted by Gasteiger charge is -2.19. The normalized spacial score (nSPS) is 11.5. The molecule has 0 heteroatoms. The maximum absolute atomic E-state index is 2.39. The molecule has 9 rings (SSSR count). The van der Waals surface area contributed by atoms with Crippen molar-refractivity contribution >= 4 is 43.1 Å². The Morgan fingerprint density at radius 2 is 0.696 bits per heavy atom. The fraction of sp³-hybridized carbons (Fsp3) is 0. The third kappa shape index (κ3) is 4.38. The molecule has 0 radical (unpaired) electrons. The van der Waals surface area contributed by atoms with Crippen LogP contribution in [0, 0.1) is 0 Å². The molecule has 46 heavy (non-hydrogen) atoms. The molecule has 9 aromatic carbocycles. The highest BCUT2D eigenvalue weighted by Crippen LogP contribution is 2.45. The molecule has 0 saturated carbocycles. The maximum Gasteiger partial charge on any atom is -0.00201 e. The third-order valence-electron chi connectivity index (χ3n) is 9.42. The second-order valence-electron chi connectivity index (χ2n) is 12.1. The Morgan fingerprint density at radius 1 is 0.217 bits per heavy atom. The van der Waals surface area contributed by atoms with Crippen molar-refractivity contribution in [2.45, 2.75) is 0 Å². The van der Waals surface area contributed by atoms with Crippen molar-refractivity contribution < 1.29 is 0 Å². The number of hydrogen-bond acceptors (Lipinski definition) is 0. The van der Waals surface area contributed by atoms with E-state index in [2.05, 4.69) is 182 Å². The van der Waals surface area contributed by atoms with Gasteiger partial charge in [0.1, 0.15) is 0 Å². The van der Waals surface area contributed by atoms with Gasteiger partial charge in [-0.3, -0.25) is 0 Å². The first-order valence-corrected chi connectivity index (χ1v) is 15.9. The van der Waals surface area contributed by atoms with Gasteiger partial charge in [-0.05, 0) is 106 Å². The lowest BCUT2D eigenvalue weighted by molar-refractivity contribution is 1.61. The summed E-state index contributed by atoms with van der Waals surface area (Å²) in [6.45, 7) is 0. The predicted molar refractivity (Wildman–Crippen MR) is 198 cm³/mol. The van der Waals surface area contributed by atoms with Crippen LogP contribution in [0.2, 0.25) is 0 Å². The lowest BCUT2D eigenvalue weighted by atomic mass is 9.84. The fourth-order valence-corrected chi connectivity index (χ4v) is 7.25. The summed E-state index contributed by atoms with van der Waals surface area (Å²) in [5, 5.41) is 10.1. The van der Waals surface area contributed by atoms with Gasteiger partial charge in [0.05, 0.1) is 0 Å². The predicted octanol–water partition coefficient (Wildman–Crippen LogP) is 13.0. The van der Waals surface area contributed by atoms with E-state index in [4.69, 9.17) is 0 Å². The number of benzene rings is 9. The molecule has 0 aliphatic heterocycles. The number of fused-ring (bicyclic) bond motifs is 4. The first-order valence-electron chi connectivity index (χ1n) is 15.9. The zero-order chi connectivity index (χ0) is 30.5. The summed E-state index contributed by atoms with van der Waals surface area (Å²) >= 11 is 0. The molecule has 0 unspecified atom stereocenters. The first-order chi connectivity index (χ1) is 22.8. The Balaban J connectivity index is 1.26. The van der Waals surface area contributed by atoms with E-state index in [-0.39, 0.29) is 0 Å². The van der Waals surface area contributed by atoms with Crippen LogP contribution in [-0.4, -0.2) is 0 Å². The molecule has 0 aliphatic rings. The number of rotatable bonds is 4. The quantitative estimate of drug-likeness (QED) is 0.181. The molecule has 0 spiro atoms. The molecule has 0 aromatic heterocycles. The van der Waals surface area contributed by atoms with Crippen LogP contribution in [0.25, 0.3) is 87.6 Å². The van der Waals surface area contributed by atoms with Gasteiger partial charge in [0.2, 0.25) is 0 Å². The lowest BCUT2D eigenvalue weighted by Crippen LogP contribution is -1.91. The molecule has 0 saturated heterocycles. The van der Waals surface area contributed by atoms with Crippen LogP contribution in [0.3, 0.4) is 0 Å². The van der Waals surface area contributed by atoms with Gasteiger partial charge >= 0.3 is 0 Å². The van der Waals surface area contributed by atoms with Gasteiger partial charge in [0.15, 0.2) is 0 Å². The highest BCUT2D eigenvalue weighted by molar-refractivity contribution is 6.23. The molecule has 0 nitrogen and oxygen atoms in total. The molecule has 9 aromatic rings. The molecule has 214 valence electrons. The van der Waals surface area contributed by atoms with Crippen molar-refractivity contribution in [3.05, 3.63) is 182 Å². The van der Waals surface area contributed by atoms with E-state index >= 15 is 0 Å². The minimum atomic E-state index is 1.22. The van der Waals surface area contributed by atoms with Crippen molar-refractivity contribution in [3.63, 3.8) is 0 Å². The minimum absolute atomic E-state index is 1.22. The second-order valence-corrected chi connectivity index (χ2v) is 12.1. The SMILES string of the molecule is c1ccc(-c2c3ccccc3c(-c3cccc4ccc(-c5cccc(-c6ccc7ccccc7c6)c5)cc34)c3ccccc23)cc1. The molecule has 0 bridgehead atoms. The summed E-state index contributed by atoms with van der Waals surface area (Å²) in [4.78, 5) is 0. The summed E-state index contributed by atoms with van der Waals surface area (Å²) in [5.41, 5.74) is 9.99. The zero-order valence-electron chi connectivity index (χ0n) is 25.3. The average molecular weight is 583 g/mol. The topological polar surface area (TPSA) is 0 Å². The van der Waals surface area contributed by atoms with Gasteiger partial charge < -0.3 is 0 Å². The minimum Gasteiger partial charge on any atom is -0.0622 e. The average Bonchev–Trinajstić information content (AvgIpc) is 3.13. The van der Waals surface area contributed by atoms with E-state index in [0.29, 0.717) is 0 Å². The maximum atomic E-state index is 2.39. The van der Waals surface area contributed by atoms with Crippen LogP contribution in [0.15, 0.2) is 182 Å². The third-order valence-corrected chi connectivity index (χ3v) is 9.42. The Hall–Kier alpha value is -5.98. The van der Waals surface area contributed by atoms with Gasteiger partial charge in [0, 0.05) is 0 Å². The van der Waals surface area contributed by atoms with Gasteiger partial charge in [-0.15, -0.1) is 0 Å². The Bertz CT molecular complexity index is 2520. The van der Waals surface area contributed by atoms with Gasteiger partial charge in [-0.2, -0.15) is 0 Å². The smallest absolute Gasteiger partial charge is 0.00201 e. The summed E-state index contributed by atoms with van der Waals surface area (Å²) in [7, 11) is 0. The van der Waals surface area contributed by atoms with Crippen molar-refractivity contribution in [1.82, 2.24) is 0 Å². The molecule has 0 atom stereocenters. The molecular weight excluding hydrogens is 553 g/mol. The van der Waals surface area contributed by atoms with E-state index in [0.717, 1.165) is 0 Å². The van der Waals surface area contributed by atoms with E-state index in [9.17, 15) is 0 Å². The molecule has 0 amide bonds. The van der Waals surface area contributed by atoms with Crippen molar-refractivity contribution in [3.8, 4) is 44.5 Å². The van der Waals surface area contributed by atoms with E-state index in [1.165, 1.54) is 87.6 Å². The zero-order valence-corrected chi connectivity index (χ0v) is 25.3. The fourth-order valence-electron chi connectivity index (χ4n) is 7.25. The van der Waals surface area contributed by atoms with E-state index < -0.39 is 0 Å². The molecule has 0 fully saturated rings. The van der Waals surface area contributed by atoms with E-state index in [1.807, 2.05) is 0 Å². The molecule has 0 N–H and O–H groups in total. The monoisotopic (exact) mass is 582 g/mol. The van der Waals surface area contributed by atoms with Gasteiger partial charge in [-0.25, -0.2) is 0 Å². The highest BCUT2D eigenvalue weighted by atomic mass is 14.2. The van der Waals surface area contributed by atoms with Gasteiger partial charge in [0.25, 0.3) is 0 Å². The van der Waals surface area contributed by atoms with Crippen molar-refractivity contribution in [2.75, 3.05) is 0 Å². The highest BCUT2D eigenvalue weighted by Gasteiger charge is 2.18. The van der Waals surface area contributed by atoms with Crippen molar-refractivity contribution in [2.24, 2.45) is 0 Å². The van der Waals surface area contributed by atoms with Crippen LogP contribution < -0.4 is 0 Å². The van der Waals surface area contributed by atoms with Crippen LogP contribution in [-0.2, 0) is 0 Å². The summed E-state index contributed by atoms with van der Waals surface area (Å²) in [6, 6.07) is 66.5. The Morgan fingerprint density at radius 3 is 1.39 bits per heavy atom.